The number of benzene rings is 2. The Balaban J connectivity index is 1.40. The van der Waals surface area contributed by atoms with Crippen LogP contribution in [-0.4, -0.2) is 33.1 Å². The number of hydrogen-bond acceptors (Lipinski definition) is 7. The van der Waals surface area contributed by atoms with Crippen molar-refractivity contribution in [1.29, 1.82) is 0 Å². The zero-order valence-electron chi connectivity index (χ0n) is 16.8. The van der Waals surface area contributed by atoms with Crippen molar-refractivity contribution in [3.63, 3.8) is 0 Å². The Morgan fingerprint density at radius 1 is 1.06 bits per heavy atom. The third-order valence-corrected chi connectivity index (χ3v) is 5.88. The van der Waals surface area contributed by atoms with Crippen molar-refractivity contribution >= 4 is 17.5 Å². The van der Waals surface area contributed by atoms with E-state index in [1.165, 1.54) is 11.8 Å². The van der Waals surface area contributed by atoms with Crippen molar-refractivity contribution in [2.24, 2.45) is 0 Å². The van der Waals surface area contributed by atoms with E-state index >= 15 is 0 Å². The Kier molecular flexibility index (Phi) is 5.21. The van der Waals surface area contributed by atoms with Gasteiger partial charge in [0.2, 0.25) is 6.79 Å². The van der Waals surface area contributed by atoms with Crippen LogP contribution in [0.2, 0.25) is 0 Å². The number of carbonyl (C=O) groups excluding carboxylic acids is 1. The minimum atomic E-state index is -0.0204. The lowest BCUT2D eigenvalue weighted by Crippen LogP contribution is -2.07. The highest BCUT2D eigenvalue weighted by molar-refractivity contribution is 7.99. The molecule has 0 bridgehead atoms. The van der Waals surface area contributed by atoms with Crippen LogP contribution >= 0.6 is 11.8 Å². The van der Waals surface area contributed by atoms with E-state index in [2.05, 4.69) is 16.3 Å². The third kappa shape index (κ3) is 4.06. The molecule has 2 aromatic heterocycles. The molecule has 0 atom stereocenters. The third-order valence-electron chi connectivity index (χ3n) is 4.91. The van der Waals surface area contributed by atoms with Gasteiger partial charge < -0.3 is 13.9 Å². The molecule has 0 aliphatic carbocycles. The minimum Gasteiger partial charge on any atom is -0.467 e. The van der Waals surface area contributed by atoms with Gasteiger partial charge in [0.05, 0.1) is 18.6 Å². The average Bonchev–Trinajstić information content (AvgIpc) is 3.53. The molecule has 3 heterocycles. The van der Waals surface area contributed by atoms with Gasteiger partial charge in [-0.1, -0.05) is 35.5 Å². The Bertz CT molecular complexity index is 1230. The molecule has 0 spiro atoms. The molecule has 1 aliphatic rings. The van der Waals surface area contributed by atoms with Gasteiger partial charge in [0, 0.05) is 11.1 Å². The van der Waals surface area contributed by atoms with Crippen LogP contribution < -0.4 is 9.47 Å². The fourth-order valence-electron chi connectivity index (χ4n) is 3.38. The number of aromatic nitrogens is 3. The monoisotopic (exact) mass is 433 g/mol. The average molecular weight is 433 g/mol. The van der Waals surface area contributed by atoms with Crippen molar-refractivity contribution in [1.82, 2.24) is 14.8 Å². The molecule has 0 unspecified atom stereocenters. The number of carbonyl (C=O) groups is 1. The van der Waals surface area contributed by atoms with E-state index in [-0.39, 0.29) is 18.3 Å². The number of Topliss-reactive ketones (excluding diaryl/α,β-unsaturated/α-hetero) is 1. The molecule has 0 radical (unpaired) electrons. The van der Waals surface area contributed by atoms with Crippen molar-refractivity contribution < 1.29 is 18.7 Å². The predicted octanol–water partition coefficient (Wildman–Crippen LogP) is 4.60. The van der Waals surface area contributed by atoms with Crippen LogP contribution in [0.1, 0.15) is 21.7 Å². The van der Waals surface area contributed by atoms with Crippen LogP contribution in [0, 0.1) is 6.92 Å². The summed E-state index contributed by atoms with van der Waals surface area (Å²) in [5.74, 6) is 2.98. The maximum Gasteiger partial charge on any atom is 0.231 e. The highest BCUT2D eigenvalue weighted by Crippen LogP contribution is 2.33. The normalized spacial score (nSPS) is 12.3. The quantitative estimate of drug-likeness (QED) is 0.311. The Labute approximate surface area is 183 Å². The van der Waals surface area contributed by atoms with Crippen molar-refractivity contribution in [3.05, 3.63) is 77.7 Å². The molecule has 5 rings (SSSR count). The molecule has 0 fully saturated rings. The Hall–Kier alpha value is -3.52. The SMILES string of the molecule is Cc1cccc(-c2nnc(SCC(=O)c3ccc4c(c3)OCO4)n2Cc2ccco2)c1. The van der Waals surface area contributed by atoms with E-state index in [1.54, 1.807) is 24.5 Å². The summed E-state index contributed by atoms with van der Waals surface area (Å²) in [6.07, 6.45) is 1.64. The number of furan rings is 1. The molecule has 0 saturated heterocycles. The van der Waals surface area contributed by atoms with Crippen LogP contribution in [0.3, 0.4) is 0 Å². The summed E-state index contributed by atoms with van der Waals surface area (Å²) in [7, 11) is 0. The number of fused-ring (bicyclic) bond motifs is 1. The maximum absolute atomic E-state index is 12.8. The standard InChI is InChI=1S/C23H19N3O4S/c1-15-4-2-5-17(10-15)22-24-25-23(26(22)12-18-6-3-9-28-18)31-13-19(27)16-7-8-20-21(11-16)30-14-29-20/h2-11H,12-14H2,1H3. The van der Waals surface area contributed by atoms with Gasteiger partial charge >= 0.3 is 0 Å². The molecule has 0 amide bonds. The van der Waals surface area contributed by atoms with Gasteiger partial charge in [0.25, 0.3) is 0 Å². The molecule has 7 nitrogen and oxygen atoms in total. The van der Waals surface area contributed by atoms with E-state index in [9.17, 15) is 4.79 Å². The van der Waals surface area contributed by atoms with E-state index in [1.807, 2.05) is 41.8 Å². The minimum absolute atomic E-state index is 0.0204. The Morgan fingerprint density at radius 2 is 1.97 bits per heavy atom. The number of nitrogens with zero attached hydrogens (tertiary/aromatic N) is 3. The summed E-state index contributed by atoms with van der Waals surface area (Å²) in [6, 6.07) is 17.1. The first-order valence-electron chi connectivity index (χ1n) is 9.75. The first-order valence-corrected chi connectivity index (χ1v) is 10.7. The zero-order valence-corrected chi connectivity index (χ0v) is 17.6. The predicted molar refractivity (Wildman–Crippen MR) is 116 cm³/mol. The summed E-state index contributed by atoms with van der Waals surface area (Å²) in [6.45, 7) is 2.69. The molecule has 156 valence electrons. The van der Waals surface area contributed by atoms with Crippen LogP contribution in [0.25, 0.3) is 11.4 Å². The summed E-state index contributed by atoms with van der Waals surface area (Å²) in [4.78, 5) is 12.8. The summed E-state index contributed by atoms with van der Waals surface area (Å²) >= 11 is 1.35. The second-order valence-corrected chi connectivity index (χ2v) is 8.06. The fourth-order valence-corrected chi connectivity index (χ4v) is 4.21. The molecule has 8 heteroatoms. The number of thioether (sulfide) groups is 1. The first kappa shape index (κ1) is 19.4. The Morgan fingerprint density at radius 3 is 2.81 bits per heavy atom. The van der Waals surface area contributed by atoms with E-state index < -0.39 is 0 Å². The highest BCUT2D eigenvalue weighted by atomic mass is 32.2. The highest BCUT2D eigenvalue weighted by Gasteiger charge is 2.19. The van der Waals surface area contributed by atoms with Gasteiger partial charge in [-0.2, -0.15) is 0 Å². The van der Waals surface area contributed by atoms with Gasteiger partial charge in [-0.05, 0) is 43.3 Å². The van der Waals surface area contributed by atoms with Gasteiger partial charge in [0.15, 0.2) is 28.3 Å². The van der Waals surface area contributed by atoms with Gasteiger partial charge in [0.1, 0.15) is 5.76 Å². The maximum atomic E-state index is 12.8. The lowest BCUT2D eigenvalue weighted by Gasteiger charge is -2.09. The lowest BCUT2D eigenvalue weighted by atomic mass is 10.1. The second kappa shape index (κ2) is 8.31. The molecule has 31 heavy (non-hydrogen) atoms. The van der Waals surface area contributed by atoms with Crippen molar-refractivity contribution in [2.45, 2.75) is 18.6 Å². The lowest BCUT2D eigenvalue weighted by molar-refractivity contribution is 0.102. The van der Waals surface area contributed by atoms with Crippen LogP contribution in [0.15, 0.2) is 70.4 Å². The van der Waals surface area contributed by atoms with E-state index in [0.29, 0.717) is 28.8 Å². The van der Waals surface area contributed by atoms with Crippen molar-refractivity contribution in [3.8, 4) is 22.9 Å². The van der Waals surface area contributed by atoms with Crippen LogP contribution in [0.5, 0.6) is 11.5 Å². The molecule has 2 aromatic carbocycles. The fraction of sp³-hybridized carbons (Fsp3) is 0.174. The smallest absolute Gasteiger partial charge is 0.231 e. The van der Waals surface area contributed by atoms with Gasteiger partial charge in [-0.25, -0.2) is 0 Å². The largest absolute Gasteiger partial charge is 0.467 e. The number of rotatable bonds is 7. The molecule has 1 aliphatic heterocycles. The second-order valence-electron chi connectivity index (χ2n) is 7.12. The topological polar surface area (TPSA) is 79.4 Å². The van der Waals surface area contributed by atoms with E-state index in [0.717, 1.165) is 22.7 Å². The number of ketones is 1. The van der Waals surface area contributed by atoms with E-state index in [4.69, 9.17) is 13.9 Å². The number of aryl methyl sites for hydroxylation is 1. The first-order chi connectivity index (χ1) is 15.2. The van der Waals surface area contributed by atoms with Crippen LogP contribution in [-0.2, 0) is 6.54 Å². The van der Waals surface area contributed by atoms with Crippen LogP contribution in [0.4, 0.5) is 0 Å². The summed E-state index contributed by atoms with van der Waals surface area (Å²) in [5.41, 5.74) is 2.68. The molecule has 4 aromatic rings. The number of ether oxygens (including phenoxy) is 2. The summed E-state index contributed by atoms with van der Waals surface area (Å²) < 4.78 is 18.2. The molecular weight excluding hydrogens is 414 g/mol. The van der Waals surface area contributed by atoms with Gasteiger partial charge in [-0.15, -0.1) is 10.2 Å². The zero-order chi connectivity index (χ0) is 21.2. The molecule has 0 N–H and O–H groups in total. The van der Waals surface area contributed by atoms with Gasteiger partial charge in [-0.3, -0.25) is 9.36 Å². The molecule has 0 saturated carbocycles. The molecular formula is C23H19N3O4S. The summed E-state index contributed by atoms with van der Waals surface area (Å²) in [5, 5.41) is 9.43. The number of hydrogen-bond donors (Lipinski definition) is 0. The van der Waals surface area contributed by atoms with Crippen molar-refractivity contribution in [2.75, 3.05) is 12.5 Å².